The van der Waals surface area contributed by atoms with Crippen LogP contribution in [0.25, 0.3) is 0 Å². The van der Waals surface area contributed by atoms with Crippen LogP contribution in [0.2, 0.25) is 0 Å². The third-order valence-corrected chi connectivity index (χ3v) is 2.54. The Morgan fingerprint density at radius 1 is 1.15 bits per heavy atom. The van der Waals surface area contributed by atoms with E-state index in [4.69, 9.17) is 9.47 Å². The molecular formula is C14H19NO5. The minimum atomic E-state index is -0.563. The summed E-state index contributed by atoms with van der Waals surface area (Å²) in [7, 11) is 2.99. The Kier molecular flexibility index (Phi) is 7.13. The average Bonchev–Trinajstić information content (AvgIpc) is 2.46. The van der Waals surface area contributed by atoms with Gasteiger partial charge in [-0.25, -0.2) is 4.79 Å². The molecule has 0 aliphatic heterocycles. The van der Waals surface area contributed by atoms with Crippen molar-refractivity contribution in [1.29, 1.82) is 0 Å². The van der Waals surface area contributed by atoms with E-state index in [1.165, 1.54) is 7.11 Å². The predicted molar refractivity (Wildman–Crippen MR) is 72.5 cm³/mol. The molecule has 1 amide bonds. The Bertz CT molecular complexity index is 447. The summed E-state index contributed by atoms with van der Waals surface area (Å²) in [5.41, 5.74) is 1.01. The summed E-state index contributed by atoms with van der Waals surface area (Å²) in [5, 5.41) is 2.67. The van der Waals surface area contributed by atoms with Crippen molar-refractivity contribution in [2.75, 3.05) is 34.0 Å². The van der Waals surface area contributed by atoms with Crippen molar-refractivity contribution < 1.29 is 23.8 Å². The predicted octanol–water partition coefficient (Wildman–Crippen LogP) is 0.544. The molecular weight excluding hydrogens is 262 g/mol. The van der Waals surface area contributed by atoms with Gasteiger partial charge >= 0.3 is 5.97 Å². The van der Waals surface area contributed by atoms with Gasteiger partial charge in [0.05, 0.1) is 7.11 Å². The normalized spacial score (nSPS) is 9.90. The van der Waals surface area contributed by atoms with Crippen LogP contribution in [-0.4, -0.2) is 45.9 Å². The molecule has 6 heteroatoms. The van der Waals surface area contributed by atoms with Crippen molar-refractivity contribution in [3.05, 3.63) is 29.8 Å². The van der Waals surface area contributed by atoms with Crippen molar-refractivity contribution >= 4 is 11.9 Å². The molecule has 0 fully saturated rings. The summed E-state index contributed by atoms with van der Waals surface area (Å²) in [6, 6.07) is 7.59. The standard InChI is InChI=1S/C14H19NO5/c1-18-10-14(17)20-9-13(16)15-8-7-11-5-3-4-6-12(11)19-2/h3-6H,7-10H2,1-2H3,(H,15,16). The molecule has 0 atom stereocenters. The van der Waals surface area contributed by atoms with Gasteiger partial charge in [0.1, 0.15) is 12.4 Å². The summed E-state index contributed by atoms with van der Waals surface area (Å²) in [6.45, 7) is -0.0103. The van der Waals surface area contributed by atoms with E-state index in [1.807, 2.05) is 24.3 Å². The molecule has 0 aromatic heterocycles. The number of rotatable bonds is 8. The van der Waals surface area contributed by atoms with Gasteiger partial charge in [-0.1, -0.05) is 18.2 Å². The molecule has 0 radical (unpaired) electrons. The topological polar surface area (TPSA) is 73.9 Å². The maximum Gasteiger partial charge on any atom is 0.332 e. The molecule has 1 aromatic carbocycles. The Hall–Kier alpha value is -2.08. The Morgan fingerprint density at radius 2 is 1.90 bits per heavy atom. The first-order chi connectivity index (χ1) is 9.67. The molecule has 0 aliphatic rings. The summed E-state index contributed by atoms with van der Waals surface area (Å²) in [4.78, 5) is 22.4. The van der Waals surface area contributed by atoms with Crippen LogP contribution >= 0.6 is 0 Å². The van der Waals surface area contributed by atoms with Gasteiger partial charge in [-0.15, -0.1) is 0 Å². The number of amides is 1. The Morgan fingerprint density at radius 3 is 2.60 bits per heavy atom. The maximum absolute atomic E-state index is 11.4. The highest BCUT2D eigenvalue weighted by molar-refractivity contribution is 5.80. The number of para-hydroxylation sites is 1. The van der Waals surface area contributed by atoms with Crippen LogP contribution in [0.4, 0.5) is 0 Å². The molecule has 0 heterocycles. The number of carbonyl (C=O) groups is 2. The SMILES string of the molecule is COCC(=O)OCC(=O)NCCc1ccccc1OC. The second kappa shape index (κ2) is 8.92. The fourth-order valence-electron chi connectivity index (χ4n) is 1.60. The molecule has 6 nitrogen and oxygen atoms in total. The zero-order valence-corrected chi connectivity index (χ0v) is 11.7. The quantitative estimate of drug-likeness (QED) is 0.704. The fourth-order valence-corrected chi connectivity index (χ4v) is 1.60. The average molecular weight is 281 g/mol. The van der Waals surface area contributed by atoms with E-state index < -0.39 is 5.97 Å². The van der Waals surface area contributed by atoms with Gasteiger partial charge in [0.25, 0.3) is 5.91 Å². The van der Waals surface area contributed by atoms with Gasteiger partial charge in [-0.2, -0.15) is 0 Å². The maximum atomic E-state index is 11.4. The van der Waals surface area contributed by atoms with Crippen molar-refractivity contribution in [2.45, 2.75) is 6.42 Å². The van der Waals surface area contributed by atoms with Gasteiger partial charge in [0, 0.05) is 13.7 Å². The lowest BCUT2D eigenvalue weighted by Crippen LogP contribution is -2.31. The molecule has 20 heavy (non-hydrogen) atoms. The first-order valence-electron chi connectivity index (χ1n) is 6.20. The van der Waals surface area contributed by atoms with E-state index >= 15 is 0 Å². The molecule has 1 rings (SSSR count). The number of carbonyl (C=O) groups excluding carboxylic acids is 2. The van der Waals surface area contributed by atoms with Crippen LogP contribution in [0.15, 0.2) is 24.3 Å². The summed E-state index contributed by atoms with van der Waals surface area (Å²) >= 11 is 0. The highest BCUT2D eigenvalue weighted by atomic mass is 16.6. The molecule has 0 spiro atoms. The molecule has 0 saturated heterocycles. The minimum Gasteiger partial charge on any atom is -0.496 e. The largest absolute Gasteiger partial charge is 0.496 e. The lowest BCUT2D eigenvalue weighted by Gasteiger charge is -2.09. The van der Waals surface area contributed by atoms with Crippen molar-refractivity contribution in [1.82, 2.24) is 5.32 Å². The Labute approximate surface area is 118 Å². The summed E-state index contributed by atoms with van der Waals surface area (Å²) in [6.07, 6.45) is 0.641. The van der Waals surface area contributed by atoms with E-state index in [1.54, 1.807) is 7.11 Å². The van der Waals surface area contributed by atoms with Crippen molar-refractivity contribution in [3.63, 3.8) is 0 Å². The van der Waals surface area contributed by atoms with Crippen molar-refractivity contribution in [3.8, 4) is 5.75 Å². The molecule has 1 aromatic rings. The molecule has 0 unspecified atom stereocenters. The lowest BCUT2D eigenvalue weighted by atomic mass is 10.1. The second-order valence-corrected chi connectivity index (χ2v) is 4.01. The number of methoxy groups -OCH3 is 2. The summed E-state index contributed by atoms with van der Waals surface area (Å²) in [5.74, 6) is -0.120. The van der Waals surface area contributed by atoms with E-state index in [0.717, 1.165) is 11.3 Å². The number of esters is 1. The third kappa shape index (κ3) is 5.71. The first kappa shape index (κ1) is 16.0. The number of ether oxygens (including phenoxy) is 3. The highest BCUT2D eigenvalue weighted by Gasteiger charge is 2.07. The van der Waals surface area contributed by atoms with Crippen molar-refractivity contribution in [2.24, 2.45) is 0 Å². The van der Waals surface area contributed by atoms with Crippen LogP contribution < -0.4 is 10.1 Å². The first-order valence-corrected chi connectivity index (χ1v) is 6.20. The summed E-state index contributed by atoms with van der Waals surface area (Å²) < 4.78 is 14.5. The third-order valence-electron chi connectivity index (χ3n) is 2.54. The van der Waals surface area contributed by atoms with Crippen LogP contribution in [0.1, 0.15) is 5.56 Å². The van der Waals surface area contributed by atoms with E-state index in [-0.39, 0.29) is 19.1 Å². The highest BCUT2D eigenvalue weighted by Crippen LogP contribution is 2.17. The van der Waals surface area contributed by atoms with Gasteiger partial charge in [-0.05, 0) is 18.1 Å². The van der Waals surface area contributed by atoms with Gasteiger partial charge in [0.2, 0.25) is 0 Å². The fraction of sp³-hybridized carbons (Fsp3) is 0.429. The van der Waals surface area contributed by atoms with E-state index in [9.17, 15) is 9.59 Å². The van der Waals surface area contributed by atoms with Gasteiger partial charge in [0.15, 0.2) is 6.61 Å². The lowest BCUT2D eigenvalue weighted by molar-refractivity contribution is -0.152. The number of hydrogen-bond donors (Lipinski definition) is 1. The van der Waals surface area contributed by atoms with Gasteiger partial charge in [-0.3, -0.25) is 4.79 Å². The minimum absolute atomic E-state index is 0.158. The number of nitrogens with one attached hydrogen (secondary N) is 1. The van der Waals surface area contributed by atoms with E-state index in [2.05, 4.69) is 10.1 Å². The smallest absolute Gasteiger partial charge is 0.332 e. The second-order valence-electron chi connectivity index (χ2n) is 4.01. The number of hydrogen-bond acceptors (Lipinski definition) is 5. The van der Waals surface area contributed by atoms with Crippen LogP contribution in [0.5, 0.6) is 5.75 Å². The zero-order valence-electron chi connectivity index (χ0n) is 11.7. The van der Waals surface area contributed by atoms with Crippen LogP contribution in [-0.2, 0) is 25.5 Å². The zero-order chi connectivity index (χ0) is 14.8. The molecule has 0 aliphatic carbocycles. The Balaban J connectivity index is 2.26. The molecule has 110 valence electrons. The monoisotopic (exact) mass is 281 g/mol. The van der Waals surface area contributed by atoms with Crippen LogP contribution in [0, 0.1) is 0 Å². The van der Waals surface area contributed by atoms with Crippen LogP contribution in [0.3, 0.4) is 0 Å². The number of benzene rings is 1. The van der Waals surface area contributed by atoms with Gasteiger partial charge < -0.3 is 19.5 Å². The molecule has 0 bridgehead atoms. The van der Waals surface area contributed by atoms with E-state index in [0.29, 0.717) is 13.0 Å². The molecule has 1 N–H and O–H groups in total. The molecule has 0 saturated carbocycles.